The SMILES string of the molecule is CC(C)C1CC(OC2OC(CO)C(O)C(O)C2O)C(O)C(C)O1. The topological polar surface area (TPSA) is 129 Å². The molecule has 0 saturated carbocycles. The molecule has 0 aromatic carbocycles. The highest BCUT2D eigenvalue weighted by Gasteiger charge is 2.47. The van der Waals surface area contributed by atoms with E-state index in [4.69, 9.17) is 14.2 Å². The van der Waals surface area contributed by atoms with E-state index in [9.17, 15) is 25.5 Å². The van der Waals surface area contributed by atoms with Gasteiger partial charge in [0.1, 0.15) is 30.5 Å². The predicted octanol–water partition coefficient (Wildman–Crippen LogP) is -1.63. The zero-order chi connectivity index (χ0) is 17.3. The third-order valence-corrected chi connectivity index (χ3v) is 4.62. The molecule has 8 heteroatoms. The highest BCUT2D eigenvalue weighted by Crippen LogP contribution is 2.30. The first kappa shape index (κ1) is 19.0. The van der Waals surface area contributed by atoms with Gasteiger partial charge in [-0.3, -0.25) is 0 Å². The van der Waals surface area contributed by atoms with Crippen LogP contribution < -0.4 is 0 Å². The largest absolute Gasteiger partial charge is 0.394 e. The maximum Gasteiger partial charge on any atom is 0.187 e. The molecule has 2 heterocycles. The van der Waals surface area contributed by atoms with Crippen molar-refractivity contribution >= 4 is 0 Å². The number of rotatable bonds is 4. The van der Waals surface area contributed by atoms with Crippen molar-refractivity contribution in [2.75, 3.05) is 6.61 Å². The third kappa shape index (κ3) is 4.02. The fourth-order valence-corrected chi connectivity index (χ4v) is 3.00. The summed E-state index contributed by atoms with van der Waals surface area (Å²) in [7, 11) is 0. The Bertz CT molecular complexity index is 372. The molecule has 23 heavy (non-hydrogen) atoms. The maximum atomic E-state index is 10.2. The van der Waals surface area contributed by atoms with E-state index in [0.29, 0.717) is 6.42 Å². The second-order valence-corrected chi connectivity index (χ2v) is 6.72. The standard InChI is InChI=1S/C15H28O8/c1-6(2)8-4-9(11(17)7(3)21-8)22-15-14(20)13(19)12(18)10(5-16)23-15/h6-20H,4-5H2,1-3H3. The van der Waals surface area contributed by atoms with Crippen molar-refractivity contribution in [3.8, 4) is 0 Å². The van der Waals surface area contributed by atoms with E-state index < -0.39 is 55.6 Å². The molecule has 2 fully saturated rings. The Morgan fingerprint density at radius 3 is 2.22 bits per heavy atom. The van der Waals surface area contributed by atoms with Gasteiger partial charge in [0, 0.05) is 6.42 Å². The minimum Gasteiger partial charge on any atom is -0.394 e. The van der Waals surface area contributed by atoms with Crippen LogP contribution >= 0.6 is 0 Å². The summed E-state index contributed by atoms with van der Waals surface area (Å²) < 4.78 is 16.7. The van der Waals surface area contributed by atoms with Crippen molar-refractivity contribution in [1.82, 2.24) is 0 Å². The summed E-state index contributed by atoms with van der Waals surface area (Å²) in [5.74, 6) is 0.228. The molecule has 2 aliphatic rings. The lowest BCUT2D eigenvalue weighted by Gasteiger charge is -2.44. The molecule has 2 aliphatic heterocycles. The Morgan fingerprint density at radius 2 is 1.65 bits per heavy atom. The molecule has 0 amide bonds. The monoisotopic (exact) mass is 336 g/mol. The van der Waals surface area contributed by atoms with Crippen LogP contribution in [-0.2, 0) is 14.2 Å². The van der Waals surface area contributed by atoms with Gasteiger partial charge in [-0.25, -0.2) is 0 Å². The first-order valence-corrected chi connectivity index (χ1v) is 8.05. The van der Waals surface area contributed by atoms with Gasteiger partial charge >= 0.3 is 0 Å². The molecule has 2 rings (SSSR count). The predicted molar refractivity (Wildman–Crippen MR) is 78.4 cm³/mol. The van der Waals surface area contributed by atoms with Crippen LogP contribution in [0.25, 0.3) is 0 Å². The van der Waals surface area contributed by atoms with E-state index in [0.717, 1.165) is 0 Å². The Hall–Kier alpha value is -0.320. The van der Waals surface area contributed by atoms with Gasteiger partial charge in [0.25, 0.3) is 0 Å². The summed E-state index contributed by atoms with van der Waals surface area (Å²) in [6.45, 7) is 5.22. The van der Waals surface area contributed by atoms with Crippen molar-refractivity contribution in [2.24, 2.45) is 5.92 Å². The lowest BCUT2D eigenvalue weighted by atomic mass is 9.92. The van der Waals surface area contributed by atoms with Crippen molar-refractivity contribution in [2.45, 2.75) is 82.3 Å². The van der Waals surface area contributed by atoms with Crippen LogP contribution in [0.1, 0.15) is 27.2 Å². The van der Waals surface area contributed by atoms with Crippen LogP contribution in [0, 0.1) is 5.92 Å². The smallest absolute Gasteiger partial charge is 0.187 e. The first-order valence-electron chi connectivity index (χ1n) is 8.05. The minimum absolute atomic E-state index is 0.108. The summed E-state index contributed by atoms with van der Waals surface area (Å²) >= 11 is 0. The molecule has 0 aliphatic carbocycles. The van der Waals surface area contributed by atoms with Gasteiger partial charge in [-0.05, 0) is 12.8 Å². The lowest BCUT2D eigenvalue weighted by Crippen LogP contribution is -2.61. The Labute approximate surface area is 135 Å². The van der Waals surface area contributed by atoms with Gasteiger partial charge in [0.15, 0.2) is 6.29 Å². The van der Waals surface area contributed by atoms with E-state index >= 15 is 0 Å². The second-order valence-electron chi connectivity index (χ2n) is 6.72. The Morgan fingerprint density at radius 1 is 1.00 bits per heavy atom. The molecular formula is C15H28O8. The average molecular weight is 336 g/mol. The van der Waals surface area contributed by atoms with Crippen molar-refractivity contribution in [3.05, 3.63) is 0 Å². The fraction of sp³-hybridized carbons (Fsp3) is 1.00. The molecule has 0 spiro atoms. The molecule has 0 radical (unpaired) electrons. The zero-order valence-corrected chi connectivity index (χ0v) is 13.6. The van der Waals surface area contributed by atoms with Gasteiger partial charge < -0.3 is 39.7 Å². The molecule has 136 valence electrons. The fourth-order valence-electron chi connectivity index (χ4n) is 3.00. The van der Waals surface area contributed by atoms with Crippen molar-refractivity contribution in [1.29, 1.82) is 0 Å². The van der Waals surface area contributed by atoms with Gasteiger partial charge in [-0.15, -0.1) is 0 Å². The number of aliphatic hydroxyl groups is 5. The van der Waals surface area contributed by atoms with E-state index in [1.54, 1.807) is 6.92 Å². The molecule has 0 aromatic rings. The maximum absolute atomic E-state index is 10.2. The number of hydrogen-bond donors (Lipinski definition) is 5. The third-order valence-electron chi connectivity index (χ3n) is 4.62. The quantitative estimate of drug-likeness (QED) is 0.414. The molecule has 0 aromatic heterocycles. The zero-order valence-electron chi connectivity index (χ0n) is 13.6. The van der Waals surface area contributed by atoms with E-state index in [1.807, 2.05) is 13.8 Å². The highest BCUT2D eigenvalue weighted by atomic mass is 16.7. The van der Waals surface area contributed by atoms with Gasteiger partial charge in [0.05, 0.1) is 24.9 Å². The lowest BCUT2D eigenvalue weighted by molar-refractivity contribution is -0.328. The summed E-state index contributed by atoms with van der Waals surface area (Å²) in [4.78, 5) is 0. The van der Waals surface area contributed by atoms with Crippen LogP contribution in [0.15, 0.2) is 0 Å². The highest BCUT2D eigenvalue weighted by molar-refractivity contribution is 4.91. The Balaban J connectivity index is 2.06. The molecular weight excluding hydrogens is 308 g/mol. The molecule has 9 unspecified atom stereocenters. The van der Waals surface area contributed by atoms with Crippen molar-refractivity contribution < 1.29 is 39.7 Å². The first-order chi connectivity index (χ1) is 10.8. The van der Waals surface area contributed by atoms with Crippen LogP contribution in [-0.4, -0.2) is 87.3 Å². The van der Waals surface area contributed by atoms with Gasteiger partial charge in [0.2, 0.25) is 0 Å². The van der Waals surface area contributed by atoms with Crippen LogP contribution in [0.4, 0.5) is 0 Å². The Kier molecular flexibility index (Phi) is 6.37. The summed E-state index contributed by atoms with van der Waals surface area (Å²) in [6, 6.07) is 0. The molecule has 0 bridgehead atoms. The normalized spacial score (nSPS) is 48.7. The van der Waals surface area contributed by atoms with Crippen molar-refractivity contribution in [3.63, 3.8) is 0 Å². The van der Waals surface area contributed by atoms with Crippen LogP contribution in [0.2, 0.25) is 0 Å². The van der Waals surface area contributed by atoms with E-state index in [1.165, 1.54) is 0 Å². The molecule has 9 atom stereocenters. The second kappa shape index (κ2) is 7.71. The molecule has 5 N–H and O–H groups in total. The van der Waals surface area contributed by atoms with Gasteiger partial charge in [-0.1, -0.05) is 13.8 Å². The van der Waals surface area contributed by atoms with Gasteiger partial charge in [-0.2, -0.15) is 0 Å². The average Bonchev–Trinajstić information content (AvgIpc) is 2.51. The number of aliphatic hydroxyl groups excluding tert-OH is 5. The van der Waals surface area contributed by atoms with E-state index in [2.05, 4.69) is 0 Å². The molecule has 2 saturated heterocycles. The number of hydrogen-bond acceptors (Lipinski definition) is 8. The van der Waals surface area contributed by atoms with Crippen LogP contribution in [0.3, 0.4) is 0 Å². The summed E-state index contributed by atoms with van der Waals surface area (Å²) in [5, 5.41) is 49.0. The summed E-state index contributed by atoms with van der Waals surface area (Å²) in [6.07, 6.45) is -8.37. The van der Waals surface area contributed by atoms with Crippen LogP contribution in [0.5, 0.6) is 0 Å². The minimum atomic E-state index is -1.50. The number of ether oxygens (including phenoxy) is 3. The summed E-state index contributed by atoms with van der Waals surface area (Å²) in [5.41, 5.74) is 0. The van der Waals surface area contributed by atoms with E-state index in [-0.39, 0.29) is 12.0 Å². The molecule has 8 nitrogen and oxygen atoms in total.